The maximum Gasteiger partial charge on any atom is 0.387 e. The van der Waals surface area contributed by atoms with Crippen LogP contribution in [0.15, 0.2) is 0 Å². The van der Waals surface area contributed by atoms with Crippen LogP contribution >= 0.6 is 22.6 Å². The van der Waals surface area contributed by atoms with E-state index in [2.05, 4.69) is 0 Å². The molecule has 0 aromatic heterocycles. The van der Waals surface area contributed by atoms with E-state index in [1.165, 1.54) is 0 Å². The minimum absolute atomic E-state index is 0.275. The van der Waals surface area contributed by atoms with Crippen LogP contribution in [0.3, 0.4) is 0 Å². The Labute approximate surface area is 162 Å². The molecule has 0 aliphatic carbocycles. The third-order valence-corrected chi connectivity index (χ3v) is 4.18. The summed E-state index contributed by atoms with van der Waals surface area (Å²) in [5, 5.41) is 0. The number of hydrogen-bond donors (Lipinski definition) is 0. The van der Waals surface area contributed by atoms with Crippen molar-refractivity contribution in [3.63, 3.8) is 0 Å². The lowest BCUT2D eigenvalue weighted by molar-refractivity contribution is -0.450. The fourth-order valence-corrected chi connectivity index (χ4v) is 1.97. The van der Waals surface area contributed by atoms with E-state index in [9.17, 15) is 74.6 Å². The molecule has 176 valence electrons. The Morgan fingerprint density at radius 1 is 0.517 bits per heavy atom. The molecule has 0 rings (SSSR count). The maximum atomic E-state index is 13.3. The van der Waals surface area contributed by atoms with Crippen molar-refractivity contribution < 1.29 is 74.6 Å². The molecule has 1 unspecified atom stereocenters. The van der Waals surface area contributed by atoms with Crippen LogP contribution in [-0.4, -0.2) is 51.6 Å². The number of alkyl halides is 18. The first-order chi connectivity index (χ1) is 12.2. The molecule has 0 radical (unpaired) electrons. The van der Waals surface area contributed by atoms with Gasteiger partial charge in [0.2, 0.25) is 0 Å². The van der Waals surface area contributed by atoms with Gasteiger partial charge in [0, 0.05) is 22.6 Å². The van der Waals surface area contributed by atoms with Crippen molar-refractivity contribution >= 4 is 22.6 Å². The van der Waals surface area contributed by atoms with E-state index >= 15 is 0 Å². The summed E-state index contributed by atoms with van der Waals surface area (Å²) < 4.78 is 216. The molecule has 0 heterocycles. The van der Waals surface area contributed by atoms with Crippen LogP contribution in [0.25, 0.3) is 0 Å². The van der Waals surface area contributed by atoms with Crippen molar-refractivity contribution in [1.29, 1.82) is 0 Å². The van der Waals surface area contributed by atoms with Gasteiger partial charge in [0.05, 0.1) is 0 Å². The summed E-state index contributed by atoms with van der Waals surface area (Å²) in [5.41, 5.74) is 0. The zero-order chi connectivity index (χ0) is 24.3. The van der Waals surface area contributed by atoms with Crippen LogP contribution in [0.1, 0.15) is 13.3 Å². The average Bonchev–Trinajstić information content (AvgIpc) is 2.51. The SMILES string of the molecule is CCC(F)C(F)(F)C(F)(F)C(F)(F)C(F)(F)C(F)(F)C(F)(F)C(F)(F)C(F)(F)I. The molecule has 29 heavy (non-hydrogen) atoms. The monoisotopic (exact) mass is 588 g/mol. The first-order valence-electron chi connectivity index (χ1n) is 6.58. The third-order valence-electron chi connectivity index (χ3n) is 3.50. The number of hydrogen-bond acceptors (Lipinski definition) is 0. The first kappa shape index (κ1) is 28.5. The summed E-state index contributed by atoms with van der Waals surface area (Å²) in [6.07, 6.45) is -6.20. The number of rotatable bonds is 9. The molecular formula is C11H6F17I. The molecule has 0 aliphatic rings. The van der Waals surface area contributed by atoms with Gasteiger partial charge in [0.25, 0.3) is 0 Å². The fourth-order valence-electron chi connectivity index (χ4n) is 1.63. The normalized spacial score (nSPS) is 17.5. The molecule has 0 aromatic rings. The lowest BCUT2D eigenvalue weighted by Crippen LogP contribution is -2.75. The highest BCUT2D eigenvalue weighted by Crippen LogP contribution is 2.64. The third kappa shape index (κ3) is 3.61. The Hall–Kier alpha value is -0.460. The molecular weight excluding hydrogens is 582 g/mol. The van der Waals surface area contributed by atoms with Gasteiger partial charge in [-0.25, -0.2) is 4.39 Å². The predicted molar refractivity (Wildman–Crippen MR) is 68.8 cm³/mol. The molecule has 0 N–H and O–H groups in total. The molecule has 0 aromatic carbocycles. The molecule has 0 fully saturated rings. The summed E-state index contributed by atoms with van der Waals surface area (Å²) in [4.78, 5) is 0. The minimum atomic E-state index is -8.50. The molecule has 0 aliphatic heterocycles. The van der Waals surface area contributed by atoms with Crippen LogP contribution in [0.2, 0.25) is 0 Å². The Morgan fingerprint density at radius 3 is 1.00 bits per heavy atom. The van der Waals surface area contributed by atoms with Gasteiger partial charge < -0.3 is 0 Å². The largest absolute Gasteiger partial charge is 0.387 e. The Bertz CT molecular complexity index is 589. The average molecular weight is 588 g/mol. The van der Waals surface area contributed by atoms with E-state index < -0.39 is 80.6 Å². The summed E-state index contributed by atoms with van der Waals surface area (Å²) >= 11 is -0.970. The molecule has 0 spiro atoms. The van der Waals surface area contributed by atoms with Gasteiger partial charge in [-0.3, -0.25) is 0 Å². The Kier molecular flexibility index (Phi) is 7.19. The van der Waals surface area contributed by atoms with Gasteiger partial charge in [-0.05, 0) is 6.42 Å². The summed E-state index contributed by atoms with van der Waals surface area (Å²) in [5.74, 6) is -55.8. The summed E-state index contributed by atoms with van der Waals surface area (Å²) in [6.45, 7) is 0.275. The second-order valence-electron chi connectivity index (χ2n) is 5.44. The van der Waals surface area contributed by atoms with Crippen LogP contribution in [0.4, 0.5) is 74.6 Å². The van der Waals surface area contributed by atoms with Gasteiger partial charge >= 0.3 is 45.4 Å². The zero-order valence-corrected chi connectivity index (χ0v) is 15.2. The highest BCUT2D eigenvalue weighted by Gasteiger charge is 2.95. The van der Waals surface area contributed by atoms with Crippen molar-refractivity contribution in [2.45, 2.75) is 64.9 Å². The molecule has 0 nitrogen and oxygen atoms in total. The molecule has 0 amide bonds. The van der Waals surface area contributed by atoms with Crippen LogP contribution < -0.4 is 0 Å². The zero-order valence-electron chi connectivity index (χ0n) is 13.1. The maximum absolute atomic E-state index is 13.3. The first-order valence-corrected chi connectivity index (χ1v) is 7.66. The van der Waals surface area contributed by atoms with Gasteiger partial charge in [-0.15, -0.1) is 0 Å². The van der Waals surface area contributed by atoms with E-state index in [1.807, 2.05) is 0 Å². The van der Waals surface area contributed by atoms with Crippen molar-refractivity contribution in [2.75, 3.05) is 0 Å². The second kappa shape index (κ2) is 7.30. The van der Waals surface area contributed by atoms with Gasteiger partial charge in [0.15, 0.2) is 6.17 Å². The molecule has 18 heteroatoms. The molecule has 0 saturated heterocycles. The van der Waals surface area contributed by atoms with Crippen LogP contribution in [-0.2, 0) is 0 Å². The molecule has 1 atom stereocenters. The smallest absolute Gasteiger partial charge is 0.241 e. The van der Waals surface area contributed by atoms with Gasteiger partial charge in [0.1, 0.15) is 0 Å². The fraction of sp³-hybridized carbons (Fsp3) is 1.00. The summed E-state index contributed by atoms with van der Waals surface area (Å²) in [7, 11) is 0. The Balaban J connectivity index is 6.73. The van der Waals surface area contributed by atoms with Gasteiger partial charge in [-0.1, -0.05) is 6.92 Å². The number of halogens is 18. The lowest BCUT2D eigenvalue weighted by Gasteiger charge is -2.43. The standard InChI is InChI=1S/C11H6F17I/c1-2-3(12)4(13,14)5(15,16)6(17,18)7(19,20)8(21,22)9(23,24)10(25,26)11(27,28)29/h3H,2H2,1H3. The lowest BCUT2D eigenvalue weighted by atomic mass is 9.88. The van der Waals surface area contributed by atoms with Crippen molar-refractivity contribution in [1.82, 2.24) is 0 Å². The molecule has 0 bridgehead atoms. The predicted octanol–water partition coefficient (Wildman–Crippen LogP) is 7.21. The van der Waals surface area contributed by atoms with Crippen LogP contribution in [0.5, 0.6) is 0 Å². The summed E-state index contributed by atoms with van der Waals surface area (Å²) in [6, 6.07) is 0. The second-order valence-corrected chi connectivity index (χ2v) is 6.80. The van der Waals surface area contributed by atoms with Crippen LogP contribution in [0, 0.1) is 0 Å². The van der Waals surface area contributed by atoms with Gasteiger partial charge in [-0.2, -0.15) is 70.2 Å². The molecule has 0 saturated carbocycles. The minimum Gasteiger partial charge on any atom is -0.241 e. The van der Waals surface area contributed by atoms with Crippen molar-refractivity contribution in [3.05, 3.63) is 0 Å². The Morgan fingerprint density at radius 2 is 0.759 bits per heavy atom. The van der Waals surface area contributed by atoms with E-state index in [0.717, 1.165) is 0 Å². The quantitative estimate of drug-likeness (QED) is 0.152. The van der Waals surface area contributed by atoms with E-state index in [1.54, 1.807) is 0 Å². The highest BCUT2D eigenvalue weighted by molar-refractivity contribution is 14.1. The topological polar surface area (TPSA) is 0 Å². The van der Waals surface area contributed by atoms with Crippen molar-refractivity contribution in [3.8, 4) is 0 Å². The van der Waals surface area contributed by atoms with E-state index in [4.69, 9.17) is 0 Å². The van der Waals surface area contributed by atoms with E-state index in [0.29, 0.717) is 0 Å². The van der Waals surface area contributed by atoms with E-state index in [-0.39, 0.29) is 6.92 Å². The highest BCUT2D eigenvalue weighted by atomic mass is 127. The van der Waals surface area contributed by atoms with Crippen molar-refractivity contribution in [2.24, 2.45) is 0 Å².